The minimum absolute atomic E-state index is 0.0601. The van der Waals surface area contributed by atoms with Gasteiger partial charge in [0.2, 0.25) is 5.95 Å². The maximum atomic E-state index is 13.2. The van der Waals surface area contributed by atoms with Crippen LogP contribution in [0.5, 0.6) is 5.75 Å². The van der Waals surface area contributed by atoms with Crippen LogP contribution in [0.3, 0.4) is 0 Å². The first-order valence-corrected chi connectivity index (χ1v) is 12.1. The second kappa shape index (κ2) is 10.0. The van der Waals surface area contributed by atoms with Crippen molar-refractivity contribution >= 4 is 37.0 Å². The van der Waals surface area contributed by atoms with Gasteiger partial charge in [-0.2, -0.15) is 9.97 Å². The Bertz CT molecular complexity index is 1190. The van der Waals surface area contributed by atoms with Crippen LogP contribution >= 0.6 is 7.75 Å². The van der Waals surface area contributed by atoms with Crippen molar-refractivity contribution in [2.75, 3.05) is 31.2 Å². The molecule has 14 heteroatoms. The summed E-state index contributed by atoms with van der Waals surface area (Å²) in [4.78, 5) is 23.5. The van der Waals surface area contributed by atoms with Gasteiger partial charge < -0.3 is 30.2 Å². The molecule has 0 spiro atoms. The standard InChI is InChI=1S/C20H26N7O6P/c1-12-16(29)14(10-31-34(30,24-8-9-28)33-13-6-4-3-5-7-13)32-19(12)27-11-23-15-17(22-2)25-20(21)26-18(15)27/h3-7,9,11-12,14,16,19,29H,8,10H2,1-2H3,(H,24,30)(H3,21,22,25,26)/t12-,14+,16-,19+,34?/m0/s1. The summed E-state index contributed by atoms with van der Waals surface area (Å²) in [6.45, 7) is 1.30. The highest BCUT2D eigenvalue weighted by Gasteiger charge is 2.44. The molecule has 1 aliphatic rings. The third-order valence-corrected chi connectivity index (χ3v) is 6.89. The Balaban J connectivity index is 1.51. The predicted molar refractivity (Wildman–Crippen MR) is 123 cm³/mol. The number of benzene rings is 1. The molecule has 3 heterocycles. The Morgan fingerprint density at radius 1 is 1.32 bits per heavy atom. The van der Waals surface area contributed by atoms with E-state index in [-0.39, 0.29) is 19.1 Å². The van der Waals surface area contributed by atoms with E-state index in [1.165, 1.54) is 6.33 Å². The monoisotopic (exact) mass is 491 g/mol. The van der Waals surface area contributed by atoms with Crippen LogP contribution < -0.4 is 20.7 Å². The SMILES string of the molecule is CNc1nc(N)nc2c1ncn2[C@@H]1O[C@H](COP(=O)(NCC=O)Oc2ccccc2)[C@@H](O)[C@@H]1C. The van der Waals surface area contributed by atoms with Crippen molar-refractivity contribution in [3.63, 3.8) is 0 Å². The fourth-order valence-corrected chi connectivity index (χ4v) is 4.94. The van der Waals surface area contributed by atoms with Gasteiger partial charge in [-0.15, -0.1) is 0 Å². The Hall–Kier alpha value is -3.09. The number of aliphatic hydroxyl groups is 1. The third kappa shape index (κ3) is 4.88. The number of anilines is 2. The second-order valence-electron chi connectivity index (χ2n) is 7.65. The van der Waals surface area contributed by atoms with Crippen LogP contribution in [0.4, 0.5) is 11.8 Å². The lowest BCUT2D eigenvalue weighted by atomic mass is 10.0. The normalized spacial score (nSPS) is 24.1. The maximum absolute atomic E-state index is 13.2. The highest BCUT2D eigenvalue weighted by atomic mass is 31.2. The maximum Gasteiger partial charge on any atom is 0.459 e. The number of aliphatic hydroxyl groups excluding tert-OH is 1. The fourth-order valence-electron chi connectivity index (χ4n) is 3.69. The van der Waals surface area contributed by atoms with Gasteiger partial charge in [0.05, 0.1) is 25.6 Å². The molecule has 13 nitrogen and oxygen atoms in total. The first-order chi connectivity index (χ1) is 16.3. The number of nitrogens with two attached hydrogens (primary N) is 1. The average molecular weight is 491 g/mol. The highest BCUT2D eigenvalue weighted by molar-refractivity contribution is 7.52. The first-order valence-electron chi connectivity index (χ1n) is 10.5. The third-order valence-electron chi connectivity index (χ3n) is 5.38. The van der Waals surface area contributed by atoms with Crippen LogP contribution in [-0.4, -0.2) is 63.3 Å². The zero-order chi connectivity index (χ0) is 24.3. The van der Waals surface area contributed by atoms with E-state index in [9.17, 15) is 14.5 Å². The first kappa shape index (κ1) is 24.0. The molecule has 1 unspecified atom stereocenters. The number of para-hydroxylation sites is 1. The Kier molecular flexibility index (Phi) is 7.10. The molecule has 1 fully saturated rings. The number of carbonyl (C=O) groups excluding carboxylic acids is 1. The second-order valence-corrected chi connectivity index (χ2v) is 9.40. The number of nitrogens with one attached hydrogen (secondary N) is 2. The molecular formula is C20H26N7O6P. The summed E-state index contributed by atoms with van der Waals surface area (Å²) in [6.07, 6.45) is -0.371. The van der Waals surface area contributed by atoms with Crippen LogP contribution in [0.1, 0.15) is 13.2 Å². The number of rotatable bonds is 10. The molecule has 4 rings (SSSR count). The number of nitrogens with zero attached hydrogens (tertiary/aromatic N) is 4. The Morgan fingerprint density at radius 2 is 2.09 bits per heavy atom. The van der Waals surface area contributed by atoms with Gasteiger partial charge in [-0.05, 0) is 12.1 Å². The fraction of sp³-hybridized carbons (Fsp3) is 0.400. The minimum Gasteiger partial charge on any atom is -0.413 e. The summed E-state index contributed by atoms with van der Waals surface area (Å²) in [5.74, 6) is 0.431. The number of fused-ring (bicyclic) bond motifs is 1. The average Bonchev–Trinajstić information content (AvgIpc) is 3.37. The van der Waals surface area contributed by atoms with Crippen LogP contribution in [-0.2, 0) is 18.6 Å². The molecule has 0 saturated carbocycles. The summed E-state index contributed by atoms with van der Waals surface area (Å²) in [7, 11) is -2.23. The van der Waals surface area contributed by atoms with Gasteiger partial charge in [0, 0.05) is 13.0 Å². The molecule has 3 aromatic rings. The number of hydrogen-bond donors (Lipinski definition) is 4. The summed E-state index contributed by atoms with van der Waals surface area (Å²) >= 11 is 0. The van der Waals surface area contributed by atoms with E-state index in [1.807, 2.05) is 0 Å². The van der Waals surface area contributed by atoms with E-state index in [0.29, 0.717) is 29.0 Å². The van der Waals surface area contributed by atoms with Crippen molar-refractivity contribution in [1.82, 2.24) is 24.6 Å². The molecule has 0 radical (unpaired) electrons. The van der Waals surface area contributed by atoms with Gasteiger partial charge in [-0.25, -0.2) is 14.6 Å². The predicted octanol–water partition coefficient (Wildman–Crippen LogP) is 1.34. The van der Waals surface area contributed by atoms with Gasteiger partial charge in [0.1, 0.15) is 24.4 Å². The molecule has 1 aliphatic heterocycles. The summed E-state index contributed by atoms with van der Waals surface area (Å²) in [5.41, 5.74) is 6.76. The van der Waals surface area contributed by atoms with E-state index < -0.39 is 32.1 Å². The van der Waals surface area contributed by atoms with Crippen molar-refractivity contribution in [2.24, 2.45) is 5.92 Å². The Labute approximate surface area is 195 Å². The number of nitrogen functional groups attached to an aromatic ring is 1. The van der Waals surface area contributed by atoms with Crippen molar-refractivity contribution in [3.8, 4) is 5.75 Å². The van der Waals surface area contributed by atoms with Crippen LogP contribution in [0.2, 0.25) is 0 Å². The minimum atomic E-state index is -3.93. The zero-order valence-corrected chi connectivity index (χ0v) is 19.5. The molecule has 0 amide bonds. The molecule has 0 aliphatic carbocycles. The zero-order valence-electron chi connectivity index (χ0n) is 18.6. The lowest BCUT2D eigenvalue weighted by molar-refractivity contribution is -0.107. The van der Waals surface area contributed by atoms with Crippen molar-refractivity contribution in [1.29, 1.82) is 0 Å². The molecule has 2 aromatic heterocycles. The number of aldehydes is 1. The number of imidazole rings is 1. The topological polar surface area (TPSA) is 176 Å². The molecular weight excluding hydrogens is 465 g/mol. The quantitative estimate of drug-likeness (QED) is 0.237. The van der Waals surface area contributed by atoms with Crippen LogP contribution in [0.15, 0.2) is 36.7 Å². The summed E-state index contributed by atoms with van der Waals surface area (Å²) < 4.78 is 31.9. The number of carbonyl (C=O) groups is 1. The van der Waals surface area contributed by atoms with Crippen LogP contribution in [0.25, 0.3) is 11.2 Å². The van der Waals surface area contributed by atoms with Crippen molar-refractivity contribution < 1.29 is 28.3 Å². The molecule has 0 bridgehead atoms. The van der Waals surface area contributed by atoms with Gasteiger partial charge >= 0.3 is 7.75 Å². The summed E-state index contributed by atoms with van der Waals surface area (Å²) in [5, 5.41) is 16.2. The molecule has 1 saturated heterocycles. The summed E-state index contributed by atoms with van der Waals surface area (Å²) in [6, 6.07) is 8.41. The largest absolute Gasteiger partial charge is 0.459 e. The van der Waals surface area contributed by atoms with Crippen molar-refractivity contribution in [3.05, 3.63) is 36.7 Å². The Morgan fingerprint density at radius 3 is 2.79 bits per heavy atom. The molecule has 1 aromatic carbocycles. The van der Waals surface area contributed by atoms with E-state index >= 15 is 0 Å². The van der Waals surface area contributed by atoms with Gasteiger partial charge in [0.25, 0.3) is 0 Å². The molecule has 5 N–H and O–H groups in total. The van der Waals surface area contributed by atoms with Gasteiger partial charge in [-0.1, -0.05) is 25.1 Å². The lowest BCUT2D eigenvalue weighted by Gasteiger charge is -2.22. The van der Waals surface area contributed by atoms with Crippen molar-refractivity contribution in [2.45, 2.75) is 25.4 Å². The van der Waals surface area contributed by atoms with Gasteiger partial charge in [0.15, 0.2) is 17.0 Å². The molecule has 34 heavy (non-hydrogen) atoms. The molecule has 5 atom stereocenters. The number of ether oxygens (including phenoxy) is 1. The number of hydrogen-bond acceptors (Lipinski definition) is 11. The molecule has 182 valence electrons. The van der Waals surface area contributed by atoms with Crippen LogP contribution in [0, 0.1) is 5.92 Å². The van der Waals surface area contributed by atoms with E-state index in [2.05, 4.69) is 25.4 Å². The highest BCUT2D eigenvalue weighted by Crippen LogP contribution is 2.45. The lowest BCUT2D eigenvalue weighted by Crippen LogP contribution is -2.30. The number of aromatic nitrogens is 4. The van der Waals surface area contributed by atoms with E-state index in [4.69, 9.17) is 19.5 Å². The van der Waals surface area contributed by atoms with E-state index in [0.717, 1.165) is 0 Å². The van der Waals surface area contributed by atoms with Gasteiger partial charge in [-0.3, -0.25) is 9.09 Å². The smallest absolute Gasteiger partial charge is 0.413 e. The van der Waals surface area contributed by atoms with E-state index in [1.54, 1.807) is 48.9 Å².